The van der Waals surface area contributed by atoms with E-state index in [4.69, 9.17) is 10.5 Å². The molecule has 1 heterocycles. The van der Waals surface area contributed by atoms with E-state index in [0.717, 1.165) is 19.1 Å². The van der Waals surface area contributed by atoms with Crippen LogP contribution in [-0.4, -0.2) is 20.7 Å². The van der Waals surface area contributed by atoms with Gasteiger partial charge in [0, 0.05) is 22.6 Å². The van der Waals surface area contributed by atoms with Crippen LogP contribution in [0.15, 0.2) is 24.3 Å². The molecule has 19 heteroatoms. The zero-order valence-corrected chi connectivity index (χ0v) is 22.7. The molecule has 0 spiro atoms. The van der Waals surface area contributed by atoms with Crippen LogP contribution < -0.4 is 0 Å². The van der Waals surface area contributed by atoms with Gasteiger partial charge < -0.3 is 5.11 Å². The van der Waals surface area contributed by atoms with Crippen molar-refractivity contribution in [2.45, 2.75) is 45.5 Å². The fourth-order valence-electron chi connectivity index (χ4n) is 3.76. The Hall–Kier alpha value is -4.22. The molecule has 0 saturated heterocycles. The summed E-state index contributed by atoms with van der Waals surface area (Å²) in [6.07, 6.45) is -22.3. The van der Waals surface area contributed by atoms with Crippen molar-refractivity contribution >= 4 is 5.78 Å². The van der Waals surface area contributed by atoms with Gasteiger partial charge in [0.1, 0.15) is 17.7 Å². The Morgan fingerprint density at radius 3 is 1.34 bits per heavy atom. The predicted octanol–water partition coefficient (Wildman–Crippen LogP) is 7.96. The number of benzene rings is 2. The van der Waals surface area contributed by atoms with Crippen LogP contribution in [0.5, 0.6) is 5.88 Å². The monoisotopic (exact) mass is 693 g/mol. The normalized spacial score (nSPS) is 11.9. The molecular weight excluding hydrogens is 680 g/mol. The molecule has 3 rings (SSSR count). The first-order chi connectivity index (χ1) is 19.5. The van der Waals surface area contributed by atoms with E-state index in [-0.39, 0.29) is 46.0 Å². The average molecular weight is 694 g/mol. The molecular formula is C25H14CuF12N4O2. The van der Waals surface area contributed by atoms with Gasteiger partial charge in [0.2, 0.25) is 5.88 Å². The van der Waals surface area contributed by atoms with Gasteiger partial charge in [-0.3, -0.25) is 4.79 Å². The first-order valence-electron chi connectivity index (χ1n) is 11.3. The molecule has 2 aromatic carbocycles. The van der Waals surface area contributed by atoms with Gasteiger partial charge in [-0.25, -0.2) is 4.68 Å². The summed E-state index contributed by atoms with van der Waals surface area (Å²) in [7, 11) is 0. The van der Waals surface area contributed by atoms with E-state index in [2.05, 4.69) is 5.10 Å². The molecule has 0 aliphatic heterocycles. The van der Waals surface area contributed by atoms with Gasteiger partial charge in [-0.05, 0) is 31.2 Å². The molecule has 3 aromatic rings. The molecule has 0 unspecified atom stereocenters. The first-order valence-corrected chi connectivity index (χ1v) is 11.3. The molecule has 0 aliphatic rings. The predicted molar refractivity (Wildman–Crippen MR) is 121 cm³/mol. The molecule has 0 aliphatic carbocycles. The Bertz CT molecular complexity index is 1580. The maximum Gasteiger partial charge on any atom is 0.417 e. The maximum atomic E-state index is 13.5. The number of aromatic nitrogens is 2. The molecule has 44 heavy (non-hydrogen) atoms. The van der Waals surface area contributed by atoms with Crippen molar-refractivity contribution in [2.24, 2.45) is 0 Å². The number of nitriles is 2. The number of hydrogen-bond acceptors (Lipinski definition) is 5. The zero-order valence-electron chi connectivity index (χ0n) is 21.8. The fourth-order valence-corrected chi connectivity index (χ4v) is 3.76. The van der Waals surface area contributed by atoms with Crippen LogP contribution in [0.4, 0.5) is 52.7 Å². The molecule has 1 aromatic heterocycles. The zero-order chi connectivity index (χ0) is 33.5. The van der Waals surface area contributed by atoms with Gasteiger partial charge in [-0.2, -0.15) is 68.3 Å². The van der Waals surface area contributed by atoms with Crippen LogP contribution in [-0.2, 0) is 41.8 Å². The largest absolute Gasteiger partial charge is 0.493 e. The quantitative estimate of drug-likeness (QED) is 0.170. The third-order valence-electron chi connectivity index (χ3n) is 5.48. The Labute approximate surface area is 249 Å². The molecule has 6 nitrogen and oxygen atoms in total. The molecule has 0 saturated carbocycles. The third-order valence-corrected chi connectivity index (χ3v) is 5.48. The topological polar surface area (TPSA) is 103 Å². The van der Waals surface area contributed by atoms with Crippen molar-refractivity contribution in [3.63, 3.8) is 0 Å². The van der Waals surface area contributed by atoms with Gasteiger partial charge in [0.15, 0.2) is 5.78 Å². The van der Waals surface area contributed by atoms with Crippen molar-refractivity contribution < 1.29 is 79.7 Å². The summed E-state index contributed by atoms with van der Waals surface area (Å²) in [6, 6.07) is 1.16. The Balaban J connectivity index is 0.00000316. The van der Waals surface area contributed by atoms with Crippen molar-refractivity contribution in [2.75, 3.05) is 0 Å². The average Bonchev–Trinajstić information content (AvgIpc) is 3.19. The number of hydrogen-bond donors (Lipinski definition) is 1. The number of carbonyl (C=O) groups is 1. The Morgan fingerprint density at radius 1 is 0.727 bits per heavy atom. The maximum absolute atomic E-state index is 13.5. The van der Waals surface area contributed by atoms with Gasteiger partial charge in [0.05, 0.1) is 44.8 Å². The van der Waals surface area contributed by atoms with Gasteiger partial charge in [0.25, 0.3) is 0 Å². The Kier molecular flexibility index (Phi) is 11.0. The molecule has 0 amide bonds. The summed E-state index contributed by atoms with van der Waals surface area (Å²) < 4.78 is 162. The molecule has 1 radical (unpaired) electrons. The second-order valence-electron chi connectivity index (χ2n) is 8.10. The number of aryl methyl sites for hydroxylation is 1. The van der Waals surface area contributed by atoms with Crippen molar-refractivity contribution in [3.05, 3.63) is 74.5 Å². The fraction of sp³-hybridized carbons (Fsp3) is 0.280. The van der Waals surface area contributed by atoms with Crippen LogP contribution in [0.2, 0.25) is 0 Å². The third kappa shape index (κ3) is 7.28. The number of aromatic hydroxyl groups is 1. The standard InChI is InChI=1S/C23H8F12N4O2.C2H6.Cu/c1-8-17(18(40)9-2-13(20(24,25)26)11(6-36)14(3-9)21(27,28)29)19(41)39(38-8)10-4-15(22(30,31)32)12(7-37)16(5-10)23(33,34)35;1-2;/h2-5,41H,1H3;1-2H3;. The molecule has 1 N–H and O–H groups in total. The van der Waals surface area contributed by atoms with Gasteiger partial charge in [-0.15, -0.1) is 0 Å². The van der Waals surface area contributed by atoms with Crippen LogP contribution >= 0.6 is 0 Å². The number of alkyl halides is 12. The number of ketones is 1. The molecule has 241 valence electrons. The van der Waals surface area contributed by atoms with Crippen LogP contribution in [0.25, 0.3) is 5.69 Å². The van der Waals surface area contributed by atoms with Crippen molar-refractivity contribution in [1.29, 1.82) is 10.5 Å². The summed E-state index contributed by atoms with van der Waals surface area (Å²) in [5, 5.41) is 31.8. The van der Waals surface area contributed by atoms with Crippen LogP contribution in [0.1, 0.15) is 68.8 Å². The second-order valence-corrected chi connectivity index (χ2v) is 8.10. The van der Waals surface area contributed by atoms with Crippen molar-refractivity contribution in [3.8, 4) is 23.7 Å². The molecule has 0 fully saturated rings. The summed E-state index contributed by atoms with van der Waals surface area (Å²) >= 11 is 0. The summed E-state index contributed by atoms with van der Waals surface area (Å²) in [4.78, 5) is 13.0. The van der Waals surface area contributed by atoms with Gasteiger partial charge in [-0.1, -0.05) is 13.8 Å². The summed E-state index contributed by atoms with van der Waals surface area (Å²) in [5.74, 6) is -3.35. The van der Waals surface area contributed by atoms with E-state index >= 15 is 0 Å². The minimum Gasteiger partial charge on any atom is -0.493 e. The van der Waals surface area contributed by atoms with E-state index in [9.17, 15) is 62.6 Å². The minimum absolute atomic E-state index is 0. The number of rotatable bonds is 3. The van der Waals surface area contributed by atoms with Crippen LogP contribution in [0.3, 0.4) is 0 Å². The van der Waals surface area contributed by atoms with E-state index < -0.39 is 92.3 Å². The Morgan fingerprint density at radius 2 is 1.05 bits per heavy atom. The van der Waals surface area contributed by atoms with E-state index in [1.54, 1.807) is 0 Å². The SMILES string of the molecule is CC.Cc1nn(-c2cc(C(F)(F)F)c(C#N)c(C(F)(F)F)c2)c(O)c1C(=O)c1cc(C(F)(F)F)c(C#N)c(C(F)(F)F)c1.[Cu]. The minimum atomic E-state index is -5.59. The summed E-state index contributed by atoms with van der Waals surface area (Å²) in [6.45, 7) is 4.82. The van der Waals surface area contributed by atoms with E-state index in [1.807, 2.05) is 13.8 Å². The van der Waals surface area contributed by atoms with Crippen LogP contribution in [0, 0.1) is 29.6 Å². The first kappa shape index (κ1) is 37.8. The number of nitrogens with zero attached hydrogens (tertiary/aromatic N) is 4. The molecule has 0 atom stereocenters. The second kappa shape index (κ2) is 12.8. The number of carbonyl (C=O) groups excluding carboxylic acids is 1. The number of halogens is 12. The summed E-state index contributed by atoms with van der Waals surface area (Å²) in [5.41, 5.74) is -16.8. The molecule has 0 bridgehead atoms. The van der Waals surface area contributed by atoms with Crippen molar-refractivity contribution in [1.82, 2.24) is 9.78 Å². The van der Waals surface area contributed by atoms with E-state index in [1.165, 1.54) is 0 Å². The van der Waals surface area contributed by atoms with Gasteiger partial charge >= 0.3 is 24.7 Å². The smallest absolute Gasteiger partial charge is 0.417 e. The van der Waals surface area contributed by atoms with E-state index in [0.29, 0.717) is 0 Å².